The molecule has 9 nitrogen and oxygen atoms in total. The first-order valence-electron chi connectivity index (χ1n) is 11.9. The van der Waals surface area contributed by atoms with Gasteiger partial charge in [0.25, 0.3) is 17.7 Å². The fraction of sp³-hybridized carbons (Fsp3) is 0.143. The molecule has 0 unspecified atom stereocenters. The van der Waals surface area contributed by atoms with Gasteiger partial charge in [-0.1, -0.05) is 29.3 Å². The van der Waals surface area contributed by atoms with Crippen LogP contribution in [0.4, 0.5) is 16.2 Å². The van der Waals surface area contributed by atoms with Crippen molar-refractivity contribution in [2.75, 3.05) is 23.4 Å². The van der Waals surface area contributed by atoms with E-state index in [1.54, 1.807) is 37.3 Å². The number of carbonyl (C=O) groups is 4. The molecule has 206 valence electrons. The molecule has 0 bridgehead atoms. The van der Waals surface area contributed by atoms with E-state index in [9.17, 15) is 19.2 Å². The van der Waals surface area contributed by atoms with Gasteiger partial charge in [0.2, 0.25) is 0 Å². The molecule has 3 aromatic rings. The van der Waals surface area contributed by atoms with Crippen molar-refractivity contribution in [2.45, 2.75) is 13.8 Å². The zero-order chi connectivity index (χ0) is 29.0. The fourth-order valence-corrected chi connectivity index (χ4v) is 4.61. The van der Waals surface area contributed by atoms with Crippen LogP contribution >= 0.6 is 39.1 Å². The molecule has 0 saturated carbocycles. The van der Waals surface area contributed by atoms with Crippen molar-refractivity contribution < 1.29 is 28.7 Å². The van der Waals surface area contributed by atoms with E-state index >= 15 is 0 Å². The standard InChI is InChI=1S/C28H22BrCl2N3O6/c1-3-39-23-12-16(10-20-26(36)33-28(38)34(27(20)37)19-8-5-17(30)6-9-19)11-21(29)25(23)40-14-24(35)32-18-7-4-15(2)22(31)13-18/h4-13H,3,14H2,1-2H3,(H,32,35)(H,33,36,38)/b20-10-. The summed E-state index contributed by atoms with van der Waals surface area (Å²) in [5.41, 5.74) is 1.79. The normalized spacial score (nSPS) is 14.3. The van der Waals surface area contributed by atoms with E-state index < -0.39 is 23.8 Å². The van der Waals surface area contributed by atoms with Crippen LogP contribution in [0.1, 0.15) is 18.1 Å². The second kappa shape index (κ2) is 12.5. The first-order valence-corrected chi connectivity index (χ1v) is 13.4. The Labute approximate surface area is 248 Å². The van der Waals surface area contributed by atoms with Gasteiger partial charge in [-0.3, -0.25) is 19.7 Å². The Morgan fingerprint density at radius 2 is 1.77 bits per heavy atom. The van der Waals surface area contributed by atoms with Crippen molar-refractivity contribution in [2.24, 2.45) is 0 Å². The molecule has 2 N–H and O–H groups in total. The van der Waals surface area contributed by atoms with Crippen LogP contribution < -0.4 is 25.0 Å². The van der Waals surface area contributed by atoms with Crippen LogP contribution in [0.25, 0.3) is 6.08 Å². The van der Waals surface area contributed by atoms with Crippen LogP contribution in [-0.2, 0) is 14.4 Å². The number of imide groups is 2. The van der Waals surface area contributed by atoms with Gasteiger partial charge in [0.05, 0.1) is 16.8 Å². The smallest absolute Gasteiger partial charge is 0.335 e. The van der Waals surface area contributed by atoms with E-state index in [0.29, 0.717) is 25.8 Å². The summed E-state index contributed by atoms with van der Waals surface area (Å²) in [6, 6.07) is 13.5. The van der Waals surface area contributed by atoms with Crippen molar-refractivity contribution in [3.63, 3.8) is 0 Å². The largest absolute Gasteiger partial charge is 0.490 e. The number of rotatable bonds is 8. The number of aryl methyl sites for hydroxylation is 1. The average molecular weight is 647 g/mol. The Morgan fingerprint density at radius 3 is 2.45 bits per heavy atom. The number of nitrogens with one attached hydrogen (secondary N) is 2. The Balaban J connectivity index is 1.57. The highest BCUT2D eigenvalue weighted by molar-refractivity contribution is 9.10. The number of hydrogen-bond donors (Lipinski definition) is 2. The Bertz CT molecular complexity index is 1540. The lowest BCUT2D eigenvalue weighted by molar-refractivity contribution is -0.122. The topological polar surface area (TPSA) is 114 Å². The number of benzene rings is 3. The van der Waals surface area contributed by atoms with E-state index in [-0.39, 0.29) is 36.0 Å². The zero-order valence-electron chi connectivity index (χ0n) is 21.2. The molecule has 3 aromatic carbocycles. The summed E-state index contributed by atoms with van der Waals surface area (Å²) >= 11 is 15.5. The number of barbiturate groups is 1. The summed E-state index contributed by atoms with van der Waals surface area (Å²) in [5, 5.41) is 5.84. The van der Waals surface area contributed by atoms with Gasteiger partial charge in [-0.2, -0.15) is 0 Å². The second-order valence-corrected chi connectivity index (χ2v) is 10.2. The van der Waals surface area contributed by atoms with Crippen LogP contribution in [-0.4, -0.2) is 37.0 Å². The minimum absolute atomic E-state index is 0.247. The van der Waals surface area contributed by atoms with Crippen molar-refractivity contribution in [3.05, 3.63) is 85.8 Å². The van der Waals surface area contributed by atoms with Crippen LogP contribution in [0, 0.1) is 6.92 Å². The van der Waals surface area contributed by atoms with Crippen molar-refractivity contribution >= 4 is 80.3 Å². The molecule has 4 rings (SSSR count). The number of amides is 5. The molecule has 40 heavy (non-hydrogen) atoms. The van der Waals surface area contributed by atoms with Crippen LogP contribution in [0.15, 0.2) is 64.6 Å². The van der Waals surface area contributed by atoms with Gasteiger partial charge in [0.1, 0.15) is 5.57 Å². The number of anilines is 2. The van der Waals surface area contributed by atoms with E-state index in [4.69, 9.17) is 32.7 Å². The van der Waals surface area contributed by atoms with Gasteiger partial charge in [-0.05, 0) is 95.5 Å². The highest BCUT2D eigenvalue weighted by Gasteiger charge is 2.36. The SMILES string of the molecule is CCOc1cc(/C=C2/C(=O)NC(=O)N(c3ccc(Cl)cc3)C2=O)cc(Br)c1OCC(=O)Nc1ccc(C)c(Cl)c1. The molecule has 0 aliphatic carbocycles. The van der Waals surface area contributed by atoms with Crippen LogP contribution in [0.2, 0.25) is 10.0 Å². The molecule has 1 fully saturated rings. The molecule has 0 atom stereocenters. The summed E-state index contributed by atoms with van der Waals surface area (Å²) in [6.07, 6.45) is 1.33. The van der Waals surface area contributed by atoms with Gasteiger partial charge in [-0.15, -0.1) is 0 Å². The second-order valence-electron chi connectivity index (χ2n) is 8.50. The lowest BCUT2D eigenvalue weighted by atomic mass is 10.1. The number of nitrogens with zero attached hydrogens (tertiary/aromatic N) is 1. The maximum Gasteiger partial charge on any atom is 0.335 e. The molecule has 1 aliphatic heterocycles. The number of hydrogen-bond acceptors (Lipinski definition) is 6. The number of carbonyl (C=O) groups excluding carboxylic acids is 4. The summed E-state index contributed by atoms with van der Waals surface area (Å²) in [6.45, 7) is 3.57. The minimum Gasteiger partial charge on any atom is -0.490 e. The maximum atomic E-state index is 13.2. The monoisotopic (exact) mass is 645 g/mol. The summed E-state index contributed by atoms with van der Waals surface area (Å²) in [4.78, 5) is 51.6. The van der Waals surface area contributed by atoms with Gasteiger partial charge in [0, 0.05) is 15.7 Å². The summed E-state index contributed by atoms with van der Waals surface area (Å²) in [5.74, 6) is -1.56. The van der Waals surface area contributed by atoms with Gasteiger partial charge in [0.15, 0.2) is 18.1 Å². The molecule has 0 radical (unpaired) electrons. The summed E-state index contributed by atoms with van der Waals surface area (Å²) in [7, 11) is 0. The highest BCUT2D eigenvalue weighted by Crippen LogP contribution is 2.38. The third-order valence-electron chi connectivity index (χ3n) is 5.63. The lowest BCUT2D eigenvalue weighted by Crippen LogP contribution is -2.54. The van der Waals surface area contributed by atoms with Gasteiger partial charge in [-0.25, -0.2) is 9.69 Å². The molecular formula is C28H22BrCl2N3O6. The number of halogens is 3. The molecule has 5 amide bonds. The molecular weight excluding hydrogens is 625 g/mol. The lowest BCUT2D eigenvalue weighted by Gasteiger charge is -2.26. The fourth-order valence-electron chi connectivity index (χ4n) is 3.73. The summed E-state index contributed by atoms with van der Waals surface area (Å²) < 4.78 is 11.9. The van der Waals surface area contributed by atoms with Crippen LogP contribution in [0.3, 0.4) is 0 Å². The van der Waals surface area contributed by atoms with E-state index in [2.05, 4.69) is 26.6 Å². The predicted octanol–water partition coefficient (Wildman–Crippen LogP) is 6.15. The highest BCUT2D eigenvalue weighted by atomic mass is 79.9. The number of urea groups is 1. The molecule has 12 heteroatoms. The predicted molar refractivity (Wildman–Crippen MR) is 156 cm³/mol. The quantitative estimate of drug-likeness (QED) is 0.224. The molecule has 1 aliphatic rings. The van der Waals surface area contributed by atoms with Gasteiger partial charge >= 0.3 is 6.03 Å². The average Bonchev–Trinajstić information content (AvgIpc) is 2.89. The van der Waals surface area contributed by atoms with E-state index in [1.165, 1.54) is 30.3 Å². The molecule has 0 aromatic heterocycles. The van der Waals surface area contributed by atoms with E-state index in [0.717, 1.165) is 10.5 Å². The van der Waals surface area contributed by atoms with Crippen LogP contribution in [0.5, 0.6) is 11.5 Å². The van der Waals surface area contributed by atoms with Crippen molar-refractivity contribution in [3.8, 4) is 11.5 Å². The third kappa shape index (κ3) is 6.64. The van der Waals surface area contributed by atoms with E-state index in [1.807, 2.05) is 6.92 Å². The first kappa shape index (κ1) is 29.1. The number of ether oxygens (including phenoxy) is 2. The Hall–Kier alpha value is -3.86. The van der Waals surface area contributed by atoms with Crippen molar-refractivity contribution in [1.82, 2.24) is 5.32 Å². The Morgan fingerprint density at radius 1 is 1.05 bits per heavy atom. The van der Waals surface area contributed by atoms with Gasteiger partial charge < -0.3 is 14.8 Å². The molecule has 1 heterocycles. The molecule has 1 saturated heterocycles. The maximum absolute atomic E-state index is 13.2. The molecule has 0 spiro atoms. The Kier molecular flexibility index (Phi) is 9.14. The van der Waals surface area contributed by atoms with Crippen molar-refractivity contribution in [1.29, 1.82) is 0 Å². The minimum atomic E-state index is -0.874. The zero-order valence-corrected chi connectivity index (χ0v) is 24.3. The first-order chi connectivity index (χ1) is 19.1. The third-order valence-corrected chi connectivity index (χ3v) is 6.88.